The molecule has 0 spiro atoms. The molecule has 1 saturated heterocycles. The maximum atomic E-state index is 13.3. The van der Waals surface area contributed by atoms with Crippen LogP contribution in [-0.4, -0.2) is 126 Å². The van der Waals surface area contributed by atoms with Crippen molar-refractivity contribution >= 4 is 11.9 Å². The van der Waals surface area contributed by atoms with E-state index in [9.17, 15) is 9.59 Å². The van der Waals surface area contributed by atoms with E-state index in [1.54, 1.807) is 0 Å². The Labute approximate surface area is 458 Å². The van der Waals surface area contributed by atoms with Crippen LogP contribution in [0.2, 0.25) is 0 Å². The van der Waals surface area contributed by atoms with E-state index in [0.717, 1.165) is 71.2 Å². The molecule has 0 aromatic rings. The van der Waals surface area contributed by atoms with Crippen LogP contribution in [0.5, 0.6) is 0 Å². The van der Waals surface area contributed by atoms with E-state index >= 15 is 0 Å². The van der Waals surface area contributed by atoms with Crippen LogP contribution >= 0.6 is 0 Å². The minimum Gasteiger partial charge on any atom is -0.464 e. The van der Waals surface area contributed by atoms with Crippen molar-refractivity contribution in [1.82, 2.24) is 9.80 Å². The molecule has 0 aliphatic carbocycles. The average Bonchev–Trinajstić information content (AvgIpc) is 3.39. The van der Waals surface area contributed by atoms with E-state index in [1.807, 2.05) is 0 Å². The monoisotopic (exact) mass is 1050 g/mol. The van der Waals surface area contributed by atoms with E-state index in [2.05, 4.69) is 51.6 Å². The number of piperidine rings is 1. The van der Waals surface area contributed by atoms with Gasteiger partial charge in [-0.2, -0.15) is 0 Å². The van der Waals surface area contributed by atoms with Gasteiger partial charge in [-0.3, -0.25) is 14.5 Å². The summed E-state index contributed by atoms with van der Waals surface area (Å²) in [5.41, 5.74) is 0. The molecule has 11 heteroatoms. The Morgan fingerprint density at radius 2 is 0.730 bits per heavy atom. The maximum absolute atomic E-state index is 13.3. The van der Waals surface area contributed by atoms with Crippen LogP contribution in [0.15, 0.2) is 0 Å². The molecule has 1 rings (SSSR count). The van der Waals surface area contributed by atoms with Gasteiger partial charge in [-0.15, -0.1) is 0 Å². The SMILES string of the molecule is CCCCCCCCCCOC(CCCC(=O)OCC(COC(=O)CCCC(OCCCCCCCCCC)OCCCCCCCCCC)N1CCC(OCCCN(C)C)CC1)OCCCCCCCCCC. The van der Waals surface area contributed by atoms with E-state index in [0.29, 0.717) is 65.0 Å². The molecular formula is C63H124N2O9. The normalized spacial score (nSPS) is 13.6. The van der Waals surface area contributed by atoms with Gasteiger partial charge >= 0.3 is 11.9 Å². The molecule has 440 valence electrons. The Morgan fingerprint density at radius 1 is 0.419 bits per heavy atom. The summed E-state index contributed by atoms with van der Waals surface area (Å²) in [6.45, 7) is 15.6. The van der Waals surface area contributed by atoms with Crippen molar-refractivity contribution in [3.05, 3.63) is 0 Å². The van der Waals surface area contributed by atoms with Crippen molar-refractivity contribution < 1.29 is 42.7 Å². The van der Waals surface area contributed by atoms with Crippen LogP contribution in [0.3, 0.4) is 0 Å². The molecule has 1 aliphatic heterocycles. The summed E-state index contributed by atoms with van der Waals surface area (Å²) >= 11 is 0. The van der Waals surface area contributed by atoms with Crippen molar-refractivity contribution in [2.75, 3.05) is 80.0 Å². The summed E-state index contributed by atoms with van der Waals surface area (Å²) in [6.07, 6.45) is 46.0. The first kappa shape index (κ1) is 70.7. The van der Waals surface area contributed by atoms with Crippen molar-refractivity contribution in [3.63, 3.8) is 0 Å². The summed E-state index contributed by atoms with van der Waals surface area (Å²) < 4.78 is 43.4. The van der Waals surface area contributed by atoms with Crippen LogP contribution in [0, 0.1) is 0 Å². The van der Waals surface area contributed by atoms with Gasteiger partial charge in [0.1, 0.15) is 13.2 Å². The van der Waals surface area contributed by atoms with E-state index in [1.165, 1.54) is 180 Å². The van der Waals surface area contributed by atoms with Crippen molar-refractivity contribution in [3.8, 4) is 0 Å². The zero-order valence-electron chi connectivity index (χ0n) is 49.9. The Balaban J connectivity index is 2.75. The minimum atomic E-state index is -0.298. The zero-order chi connectivity index (χ0) is 53.6. The molecule has 0 unspecified atom stereocenters. The highest BCUT2D eigenvalue weighted by molar-refractivity contribution is 5.69. The predicted octanol–water partition coefficient (Wildman–Crippen LogP) is 16.5. The van der Waals surface area contributed by atoms with Gasteiger partial charge < -0.3 is 38.1 Å². The lowest BCUT2D eigenvalue weighted by molar-refractivity contribution is -0.155. The fourth-order valence-electron chi connectivity index (χ4n) is 9.88. The van der Waals surface area contributed by atoms with Crippen LogP contribution in [0.1, 0.15) is 291 Å². The summed E-state index contributed by atoms with van der Waals surface area (Å²) in [4.78, 5) is 31.2. The zero-order valence-corrected chi connectivity index (χ0v) is 49.9. The molecule has 0 saturated carbocycles. The number of carbonyl (C=O) groups excluding carboxylic acids is 2. The number of hydrogen-bond donors (Lipinski definition) is 0. The quantitative estimate of drug-likeness (QED) is 0.0330. The number of rotatable bonds is 58. The second-order valence-electron chi connectivity index (χ2n) is 22.3. The second kappa shape index (κ2) is 55.0. The molecule has 74 heavy (non-hydrogen) atoms. The summed E-state index contributed by atoms with van der Waals surface area (Å²) in [5, 5.41) is 0. The Bertz CT molecular complexity index is 1060. The molecule has 0 amide bonds. The van der Waals surface area contributed by atoms with Crippen LogP contribution in [-0.2, 0) is 42.7 Å². The fourth-order valence-corrected chi connectivity index (χ4v) is 9.88. The molecule has 0 radical (unpaired) electrons. The Morgan fingerprint density at radius 3 is 1.04 bits per heavy atom. The van der Waals surface area contributed by atoms with Crippen LogP contribution in [0.4, 0.5) is 0 Å². The summed E-state index contributed by atoms with van der Waals surface area (Å²) in [6, 6.07) is -0.215. The standard InChI is InChI=1S/C63H124N2O9/c1-7-11-15-19-23-27-31-35-51-69-62(70-52-36-32-28-24-20-16-12-8-2)44-39-42-60(66)73-56-58(65-49-46-59(47-50-65)68-55-41-48-64(5)6)57-74-61(67)43-40-45-63(71-53-37-33-29-25-21-17-13-9-3)72-54-38-34-30-26-22-18-14-10-4/h58-59,62-63H,7-57H2,1-6H3. The molecule has 0 aromatic carbocycles. The number of ether oxygens (including phenoxy) is 7. The fraction of sp³-hybridized carbons (Fsp3) is 0.968. The van der Waals surface area contributed by atoms with Gasteiger partial charge in [0.05, 0.1) is 12.1 Å². The lowest BCUT2D eigenvalue weighted by atomic mass is 10.1. The molecular weight excluding hydrogens is 929 g/mol. The van der Waals surface area contributed by atoms with E-state index in [-0.39, 0.29) is 49.9 Å². The largest absolute Gasteiger partial charge is 0.464 e. The molecule has 0 aromatic heterocycles. The molecule has 1 heterocycles. The lowest BCUT2D eigenvalue weighted by Gasteiger charge is -2.37. The molecule has 11 nitrogen and oxygen atoms in total. The number of unbranched alkanes of at least 4 members (excludes halogenated alkanes) is 28. The van der Waals surface area contributed by atoms with E-state index in [4.69, 9.17) is 33.2 Å². The smallest absolute Gasteiger partial charge is 0.305 e. The third kappa shape index (κ3) is 46.7. The average molecular weight is 1050 g/mol. The van der Waals surface area contributed by atoms with Crippen molar-refractivity contribution in [1.29, 1.82) is 0 Å². The highest BCUT2D eigenvalue weighted by Gasteiger charge is 2.28. The Kier molecular flexibility index (Phi) is 52.5. The first-order chi connectivity index (χ1) is 36.3. The Hall–Kier alpha value is -1.34. The third-order valence-corrected chi connectivity index (χ3v) is 14.8. The van der Waals surface area contributed by atoms with Gasteiger partial charge in [0.15, 0.2) is 12.6 Å². The van der Waals surface area contributed by atoms with Gasteiger partial charge in [-0.25, -0.2) is 0 Å². The van der Waals surface area contributed by atoms with Crippen LogP contribution in [0.25, 0.3) is 0 Å². The number of carbonyl (C=O) groups is 2. The van der Waals surface area contributed by atoms with Gasteiger partial charge in [-0.1, -0.05) is 207 Å². The molecule has 0 N–H and O–H groups in total. The van der Waals surface area contributed by atoms with Crippen LogP contribution < -0.4 is 0 Å². The predicted molar refractivity (Wildman–Crippen MR) is 309 cm³/mol. The first-order valence-corrected chi connectivity index (χ1v) is 32.1. The second-order valence-corrected chi connectivity index (χ2v) is 22.3. The van der Waals surface area contributed by atoms with Crippen molar-refractivity contribution in [2.24, 2.45) is 0 Å². The van der Waals surface area contributed by atoms with Gasteiger partial charge in [-0.05, 0) is 91.3 Å². The van der Waals surface area contributed by atoms with Gasteiger partial charge in [0.2, 0.25) is 0 Å². The van der Waals surface area contributed by atoms with Crippen molar-refractivity contribution in [2.45, 2.75) is 316 Å². The van der Waals surface area contributed by atoms with E-state index < -0.39 is 0 Å². The first-order valence-electron chi connectivity index (χ1n) is 32.1. The highest BCUT2D eigenvalue weighted by Crippen LogP contribution is 2.20. The molecule has 0 bridgehead atoms. The minimum absolute atomic E-state index is 0.190. The number of nitrogens with zero attached hydrogens (tertiary/aromatic N) is 2. The summed E-state index contributed by atoms with van der Waals surface area (Å²) in [7, 11) is 4.18. The summed E-state index contributed by atoms with van der Waals surface area (Å²) in [5.74, 6) is -0.453. The van der Waals surface area contributed by atoms with Gasteiger partial charge in [0, 0.05) is 59.0 Å². The highest BCUT2D eigenvalue weighted by atomic mass is 16.7. The number of hydrogen-bond acceptors (Lipinski definition) is 11. The number of likely N-dealkylation sites (tertiary alicyclic amines) is 1. The molecule has 1 fully saturated rings. The third-order valence-electron chi connectivity index (χ3n) is 14.8. The number of esters is 2. The van der Waals surface area contributed by atoms with Gasteiger partial charge in [0.25, 0.3) is 0 Å². The lowest BCUT2D eigenvalue weighted by Crippen LogP contribution is -2.48. The molecule has 0 atom stereocenters. The maximum Gasteiger partial charge on any atom is 0.305 e. The topological polar surface area (TPSA) is 105 Å². The molecule has 1 aliphatic rings.